The predicted molar refractivity (Wildman–Crippen MR) is 76.1 cm³/mol. The molecule has 108 valence electrons. The Morgan fingerprint density at radius 1 is 1.15 bits per heavy atom. The number of hydrogen-bond acceptors (Lipinski definition) is 4. The number of benzene rings is 1. The monoisotopic (exact) mass is 294 g/mol. The minimum atomic E-state index is -2.88. The molecule has 2 N–H and O–H groups in total. The normalized spacial score (nSPS) is 21.4. The van der Waals surface area contributed by atoms with Crippen molar-refractivity contribution >= 4 is 15.7 Å². The third-order valence-electron chi connectivity index (χ3n) is 3.99. The van der Waals surface area contributed by atoms with Crippen molar-refractivity contribution in [3.05, 3.63) is 34.9 Å². The lowest BCUT2D eigenvalue weighted by Crippen LogP contribution is -2.40. The van der Waals surface area contributed by atoms with E-state index in [-0.39, 0.29) is 23.5 Å². The van der Waals surface area contributed by atoms with Crippen LogP contribution in [0.4, 0.5) is 0 Å². The molecule has 1 amide bonds. The lowest BCUT2D eigenvalue weighted by molar-refractivity contribution is 0.0934. The molecule has 2 aliphatic rings. The van der Waals surface area contributed by atoms with E-state index in [4.69, 9.17) is 0 Å². The predicted octanol–water partition coefficient (Wildman–Crippen LogP) is 0.597. The second-order valence-corrected chi connectivity index (χ2v) is 7.79. The van der Waals surface area contributed by atoms with Crippen LogP contribution in [-0.2, 0) is 22.9 Å². The minimum absolute atomic E-state index is 0.0302. The van der Waals surface area contributed by atoms with Crippen LogP contribution in [-0.4, -0.2) is 31.9 Å². The van der Waals surface area contributed by atoms with Gasteiger partial charge >= 0.3 is 0 Å². The zero-order valence-corrected chi connectivity index (χ0v) is 12.0. The molecule has 3 rings (SSSR count). The van der Waals surface area contributed by atoms with E-state index in [1.54, 1.807) is 0 Å². The van der Waals surface area contributed by atoms with Gasteiger partial charge in [-0.15, -0.1) is 0 Å². The summed E-state index contributed by atoms with van der Waals surface area (Å²) in [5.74, 6) is 0.238. The van der Waals surface area contributed by atoms with Crippen LogP contribution in [0.5, 0.6) is 0 Å². The molecule has 1 fully saturated rings. The van der Waals surface area contributed by atoms with Crippen LogP contribution in [0.2, 0.25) is 0 Å². The van der Waals surface area contributed by atoms with Gasteiger partial charge in [-0.3, -0.25) is 4.79 Å². The first-order chi connectivity index (χ1) is 9.53. The van der Waals surface area contributed by atoms with Crippen LogP contribution in [0, 0.1) is 0 Å². The van der Waals surface area contributed by atoms with Crippen molar-refractivity contribution in [1.29, 1.82) is 0 Å². The zero-order chi connectivity index (χ0) is 14.2. The maximum Gasteiger partial charge on any atom is 0.251 e. The fourth-order valence-electron chi connectivity index (χ4n) is 2.74. The number of hydrogen-bond donors (Lipinski definition) is 2. The maximum absolute atomic E-state index is 12.2. The second kappa shape index (κ2) is 5.18. The number of carbonyl (C=O) groups is 1. The van der Waals surface area contributed by atoms with Gasteiger partial charge in [0.25, 0.3) is 5.91 Å². The SMILES string of the molecule is O=C(NC1CCS(=O)(=O)CC1)c1ccc2c(c1)CNC2. The fraction of sp³-hybridized carbons (Fsp3) is 0.500. The molecule has 0 spiro atoms. The summed E-state index contributed by atoms with van der Waals surface area (Å²) in [6, 6.07) is 5.71. The Morgan fingerprint density at radius 3 is 2.60 bits per heavy atom. The highest BCUT2D eigenvalue weighted by atomic mass is 32.2. The maximum atomic E-state index is 12.2. The summed E-state index contributed by atoms with van der Waals surface area (Å²) in [7, 11) is -2.88. The van der Waals surface area contributed by atoms with Crippen LogP contribution < -0.4 is 10.6 Å². The molecule has 0 bridgehead atoms. The van der Waals surface area contributed by atoms with Gasteiger partial charge in [0.1, 0.15) is 9.84 Å². The Kier molecular flexibility index (Phi) is 3.52. The van der Waals surface area contributed by atoms with Crippen LogP contribution in [0.15, 0.2) is 18.2 Å². The summed E-state index contributed by atoms with van der Waals surface area (Å²) >= 11 is 0. The summed E-state index contributed by atoms with van der Waals surface area (Å²) < 4.78 is 22.7. The first-order valence-electron chi connectivity index (χ1n) is 6.87. The lowest BCUT2D eigenvalue weighted by Gasteiger charge is -2.23. The molecule has 0 aliphatic carbocycles. The number of fused-ring (bicyclic) bond motifs is 1. The molecule has 20 heavy (non-hydrogen) atoms. The van der Waals surface area contributed by atoms with Crippen LogP contribution in [0.25, 0.3) is 0 Å². The van der Waals surface area contributed by atoms with Crippen LogP contribution >= 0.6 is 0 Å². The van der Waals surface area contributed by atoms with E-state index < -0.39 is 9.84 Å². The standard InChI is InChI=1S/C14H18N2O3S/c17-14(16-13-3-5-20(18,19)6-4-13)10-1-2-11-8-15-9-12(11)7-10/h1-2,7,13,15H,3-6,8-9H2,(H,16,17). The number of sulfone groups is 1. The van der Waals surface area contributed by atoms with Gasteiger partial charge in [0, 0.05) is 24.7 Å². The van der Waals surface area contributed by atoms with E-state index in [2.05, 4.69) is 10.6 Å². The molecular formula is C14H18N2O3S. The lowest BCUT2D eigenvalue weighted by atomic mass is 10.1. The van der Waals surface area contributed by atoms with Crippen molar-refractivity contribution in [2.75, 3.05) is 11.5 Å². The van der Waals surface area contributed by atoms with Gasteiger partial charge in [0.2, 0.25) is 0 Å². The summed E-state index contributed by atoms with van der Waals surface area (Å²) in [6.45, 7) is 1.66. The zero-order valence-electron chi connectivity index (χ0n) is 11.2. The molecule has 0 unspecified atom stereocenters. The minimum Gasteiger partial charge on any atom is -0.349 e. The molecule has 1 saturated heterocycles. The van der Waals surface area contributed by atoms with Crippen molar-refractivity contribution in [1.82, 2.24) is 10.6 Å². The van der Waals surface area contributed by atoms with Gasteiger partial charge in [0.15, 0.2) is 0 Å². The van der Waals surface area contributed by atoms with Gasteiger partial charge in [0.05, 0.1) is 11.5 Å². The quantitative estimate of drug-likeness (QED) is 0.837. The molecule has 0 atom stereocenters. The summed E-state index contributed by atoms with van der Waals surface area (Å²) in [5, 5.41) is 6.19. The smallest absolute Gasteiger partial charge is 0.251 e. The van der Waals surface area contributed by atoms with E-state index in [0.717, 1.165) is 13.1 Å². The largest absolute Gasteiger partial charge is 0.349 e. The Balaban J connectivity index is 1.65. The van der Waals surface area contributed by atoms with E-state index >= 15 is 0 Å². The van der Waals surface area contributed by atoms with Crippen molar-refractivity contribution in [3.8, 4) is 0 Å². The molecule has 0 aromatic heterocycles. The molecule has 1 aromatic carbocycles. The highest BCUT2D eigenvalue weighted by Crippen LogP contribution is 2.18. The first-order valence-corrected chi connectivity index (χ1v) is 8.69. The van der Waals surface area contributed by atoms with E-state index in [1.807, 2.05) is 18.2 Å². The number of carbonyl (C=O) groups excluding carboxylic acids is 1. The average Bonchev–Trinajstić information content (AvgIpc) is 2.88. The van der Waals surface area contributed by atoms with Crippen molar-refractivity contribution in [3.63, 3.8) is 0 Å². The van der Waals surface area contributed by atoms with E-state index in [1.165, 1.54) is 11.1 Å². The van der Waals surface area contributed by atoms with E-state index in [0.29, 0.717) is 18.4 Å². The molecule has 2 aliphatic heterocycles. The molecular weight excluding hydrogens is 276 g/mol. The topological polar surface area (TPSA) is 75.3 Å². The van der Waals surface area contributed by atoms with E-state index in [9.17, 15) is 13.2 Å². The fourth-order valence-corrected chi connectivity index (χ4v) is 4.23. The number of amides is 1. The van der Waals surface area contributed by atoms with Crippen molar-refractivity contribution in [2.45, 2.75) is 32.0 Å². The van der Waals surface area contributed by atoms with Crippen LogP contribution in [0.3, 0.4) is 0 Å². The van der Waals surface area contributed by atoms with Gasteiger partial charge < -0.3 is 10.6 Å². The van der Waals surface area contributed by atoms with Crippen LogP contribution in [0.1, 0.15) is 34.3 Å². The average molecular weight is 294 g/mol. The Labute approximate surface area is 118 Å². The highest BCUT2D eigenvalue weighted by Gasteiger charge is 2.25. The molecule has 6 heteroatoms. The Hall–Kier alpha value is -1.40. The molecule has 1 aromatic rings. The second-order valence-electron chi connectivity index (χ2n) is 5.49. The molecule has 0 saturated carbocycles. The number of nitrogens with one attached hydrogen (secondary N) is 2. The Morgan fingerprint density at radius 2 is 1.85 bits per heavy atom. The van der Waals surface area contributed by atoms with Crippen molar-refractivity contribution in [2.24, 2.45) is 0 Å². The molecule has 5 nitrogen and oxygen atoms in total. The third-order valence-corrected chi connectivity index (χ3v) is 5.70. The van der Waals surface area contributed by atoms with Gasteiger partial charge in [-0.1, -0.05) is 6.07 Å². The summed E-state index contributed by atoms with van der Waals surface area (Å²) in [6.07, 6.45) is 1.03. The first kappa shape index (κ1) is 13.6. The summed E-state index contributed by atoms with van der Waals surface area (Å²) in [4.78, 5) is 12.2. The van der Waals surface area contributed by atoms with Gasteiger partial charge in [-0.2, -0.15) is 0 Å². The summed E-state index contributed by atoms with van der Waals surface area (Å²) in [5.41, 5.74) is 3.06. The van der Waals surface area contributed by atoms with Crippen molar-refractivity contribution < 1.29 is 13.2 Å². The highest BCUT2D eigenvalue weighted by molar-refractivity contribution is 7.91. The molecule has 0 radical (unpaired) electrons. The Bertz CT molecular complexity index is 626. The van der Waals surface area contributed by atoms with Gasteiger partial charge in [-0.25, -0.2) is 8.42 Å². The third kappa shape index (κ3) is 2.86. The number of rotatable bonds is 2. The molecule has 2 heterocycles. The van der Waals surface area contributed by atoms with Gasteiger partial charge in [-0.05, 0) is 36.1 Å².